The minimum atomic E-state index is 0.263. The number of nitrogens with one attached hydrogen (secondary N) is 1. The van der Waals surface area contributed by atoms with Gasteiger partial charge < -0.3 is 9.88 Å². The van der Waals surface area contributed by atoms with Crippen molar-refractivity contribution in [2.24, 2.45) is 0 Å². The van der Waals surface area contributed by atoms with Crippen molar-refractivity contribution in [3.05, 3.63) is 23.0 Å². The topological polar surface area (TPSA) is 34.0 Å². The number of rotatable bonds is 5. The normalized spacial score (nSPS) is 20.5. The van der Waals surface area contributed by atoms with Gasteiger partial charge in [0.25, 0.3) is 0 Å². The Morgan fingerprint density at radius 3 is 2.43 bits per heavy atom. The number of aromatic nitrogens is 1. The Bertz CT molecular complexity index is 506. The second-order valence-corrected chi connectivity index (χ2v) is 6.88. The van der Waals surface area contributed by atoms with E-state index in [1.54, 1.807) is 0 Å². The van der Waals surface area contributed by atoms with Crippen molar-refractivity contribution in [3.8, 4) is 0 Å². The molecule has 3 rings (SSSR count). The number of carbonyl (C=O) groups is 1. The van der Waals surface area contributed by atoms with Crippen LogP contribution >= 0.6 is 0 Å². The minimum Gasteiger partial charge on any atom is -0.345 e. The van der Waals surface area contributed by atoms with Crippen LogP contribution in [-0.2, 0) is 0 Å². The Hall–Kier alpha value is -1.09. The molecule has 0 unspecified atom stereocenters. The highest BCUT2D eigenvalue weighted by Crippen LogP contribution is 2.33. The predicted molar refractivity (Wildman–Crippen MR) is 86.0 cm³/mol. The maximum Gasteiger partial charge on any atom is 0.178 e. The van der Waals surface area contributed by atoms with Gasteiger partial charge in [-0.2, -0.15) is 0 Å². The van der Waals surface area contributed by atoms with Gasteiger partial charge in [-0.25, -0.2) is 0 Å². The number of ketones is 1. The summed E-state index contributed by atoms with van der Waals surface area (Å²) in [5.41, 5.74) is 3.37. The van der Waals surface area contributed by atoms with Gasteiger partial charge in [0, 0.05) is 29.0 Å². The van der Waals surface area contributed by atoms with E-state index in [9.17, 15) is 4.79 Å². The van der Waals surface area contributed by atoms with Gasteiger partial charge in [-0.05, 0) is 45.6 Å². The highest BCUT2D eigenvalue weighted by Gasteiger charge is 2.24. The Labute approximate surface area is 128 Å². The lowest BCUT2D eigenvalue weighted by molar-refractivity contribution is 0.0986. The molecule has 21 heavy (non-hydrogen) atoms. The fourth-order valence-corrected chi connectivity index (χ4v) is 4.25. The maximum absolute atomic E-state index is 12.5. The molecule has 2 fully saturated rings. The van der Waals surface area contributed by atoms with Gasteiger partial charge in [0.2, 0.25) is 0 Å². The molecule has 0 radical (unpaired) electrons. The van der Waals surface area contributed by atoms with Crippen LogP contribution in [0.1, 0.15) is 79.2 Å². The Balaban J connectivity index is 1.69. The van der Waals surface area contributed by atoms with Crippen molar-refractivity contribution in [2.45, 2.75) is 77.3 Å². The van der Waals surface area contributed by atoms with Crippen molar-refractivity contribution in [3.63, 3.8) is 0 Å². The monoisotopic (exact) mass is 288 g/mol. The van der Waals surface area contributed by atoms with Gasteiger partial charge in [-0.15, -0.1) is 0 Å². The van der Waals surface area contributed by atoms with Crippen LogP contribution in [0.4, 0.5) is 0 Å². The SMILES string of the molecule is Cc1cc(C(=O)CNC2CCCC2)c(C)n1C1CCCC1. The molecule has 0 aromatic carbocycles. The molecule has 0 aliphatic heterocycles. The molecule has 0 saturated heterocycles. The third kappa shape index (κ3) is 3.08. The lowest BCUT2D eigenvalue weighted by Crippen LogP contribution is -2.31. The molecule has 2 saturated carbocycles. The van der Waals surface area contributed by atoms with Gasteiger partial charge in [0.1, 0.15) is 0 Å². The highest BCUT2D eigenvalue weighted by molar-refractivity contribution is 5.99. The third-order valence-corrected chi connectivity index (χ3v) is 5.38. The lowest BCUT2D eigenvalue weighted by atomic mass is 10.1. The first-order valence-electron chi connectivity index (χ1n) is 8.62. The molecule has 3 nitrogen and oxygen atoms in total. The summed E-state index contributed by atoms with van der Waals surface area (Å²) in [4.78, 5) is 12.5. The molecular weight excluding hydrogens is 260 g/mol. The average Bonchev–Trinajstić information content (AvgIpc) is 3.18. The summed E-state index contributed by atoms with van der Waals surface area (Å²) in [5, 5.41) is 3.45. The molecule has 0 bridgehead atoms. The molecule has 2 aliphatic rings. The Morgan fingerprint density at radius 1 is 1.14 bits per heavy atom. The summed E-state index contributed by atoms with van der Waals surface area (Å²) in [5.74, 6) is 0.263. The van der Waals surface area contributed by atoms with E-state index in [0.717, 1.165) is 5.56 Å². The summed E-state index contributed by atoms with van der Waals surface area (Å²) in [6.45, 7) is 4.76. The minimum absolute atomic E-state index is 0.263. The molecule has 116 valence electrons. The second kappa shape index (κ2) is 6.35. The zero-order valence-electron chi connectivity index (χ0n) is 13.5. The van der Waals surface area contributed by atoms with Crippen LogP contribution in [0, 0.1) is 13.8 Å². The van der Waals surface area contributed by atoms with Crippen LogP contribution in [-0.4, -0.2) is 22.9 Å². The number of hydrogen-bond acceptors (Lipinski definition) is 2. The van der Waals surface area contributed by atoms with E-state index in [-0.39, 0.29) is 5.78 Å². The summed E-state index contributed by atoms with van der Waals surface area (Å²) >= 11 is 0. The number of nitrogens with zero attached hydrogens (tertiary/aromatic N) is 1. The van der Waals surface area contributed by atoms with Crippen molar-refractivity contribution >= 4 is 5.78 Å². The van der Waals surface area contributed by atoms with E-state index >= 15 is 0 Å². The van der Waals surface area contributed by atoms with E-state index in [1.807, 2.05) is 0 Å². The molecule has 2 aliphatic carbocycles. The van der Waals surface area contributed by atoms with Crippen LogP contribution in [0.15, 0.2) is 6.07 Å². The highest BCUT2D eigenvalue weighted by atomic mass is 16.1. The van der Waals surface area contributed by atoms with E-state index in [0.29, 0.717) is 18.6 Å². The van der Waals surface area contributed by atoms with E-state index in [1.165, 1.54) is 62.8 Å². The molecule has 1 aromatic heterocycles. The second-order valence-electron chi connectivity index (χ2n) is 6.88. The van der Waals surface area contributed by atoms with Crippen molar-refractivity contribution < 1.29 is 4.79 Å². The number of Topliss-reactive ketones (excluding diaryl/α,β-unsaturated/α-hetero) is 1. The van der Waals surface area contributed by atoms with Crippen LogP contribution in [0.2, 0.25) is 0 Å². The zero-order chi connectivity index (χ0) is 14.8. The lowest BCUT2D eigenvalue weighted by Gasteiger charge is -2.17. The molecule has 0 atom stereocenters. The summed E-state index contributed by atoms with van der Waals surface area (Å²) in [7, 11) is 0. The average molecular weight is 288 g/mol. The van der Waals surface area contributed by atoms with Crippen molar-refractivity contribution in [1.29, 1.82) is 0 Å². The van der Waals surface area contributed by atoms with E-state index < -0.39 is 0 Å². The first-order chi connectivity index (χ1) is 10.2. The smallest absolute Gasteiger partial charge is 0.178 e. The van der Waals surface area contributed by atoms with Crippen LogP contribution in [0.5, 0.6) is 0 Å². The maximum atomic E-state index is 12.5. The third-order valence-electron chi connectivity index (χ3n) is 5.38. The van der Waals surface area contributed by atoms with Gasteiger partial charge in [0.15, 0.2) is 5.78 Å². The molecular formula is C18H28N2O. The number of aryl methyl sites for hydroxylation is 1. The Morgan fingerprint density at radius 2 is 1.76 bits per heavy atom. The van der Waals surface area contributed by atoms with Crippen molar-refractivity contribution in [1.82, 2.24) is 9.88 Å². The summed E-state index contributed by atoms with van der Waals surface area (Å²) < 4.78 is 2.41. The van der Waals surface area contributed by atoms with E-state index in [4.69, 9.17) is 0 Å². The van der Waals surface area contributed by atoms with Gasteiger partial charge in [-0.3, -0.25) is 4.79 Å². The summed E-state index contributed by atoms with van der Waals surface area (Å²) in [6, 6.07) is 3.29. The van der Waals surface area contributed by atoms with Crippen LogP contribution in [0.25, 0.3) is 0 Å². The first-order valence-corrected chi connectivity index (χ1v) is 8.62. The molecule has 3 heteroatoms. The zero-order valence-corrected chi connectivity index (χ0v) is 13.5. The van der Waals surface area contributed by atoms with Crippen LogP contribution < -0.4 is 5.32 Å². The first kappa shape index (κ1) is 14.8. The molecule has 1 N–H and O–H groups in total. The van der Waals surface area contributed by atoms with Gasteiger partial charge in [0.05, 0.1) is 6.54 Å². The van der Waals surface area contributed by atoms with Crippen LogP contribution in [0.3, 0.4) is 0 Å². The molecule has 1 aromatic rings. The van der Waals surface area contributed by atoms with Gasteiger partial charge >= 0.3 is 0 Å². The molecule has 1 heterocycles. The summed E-state index contributed by atoms with van der Waals surface area (Å²) in [6.07, 6.45) is 10.3. The fourth-order valence-electron chi connectivity index (χ4n) is 4.25. The van der Waals surface area contributed by atoms with Gasteiger partial charge in [-0.1, -0.05) is 25.7 Å². The molecule has 0 amide bonds. The predicted octanol–water partition coefficient (Wildman–Crippen LogP) is 3.93. The van der Waals surface area contributed by atoms with Crippen molar-refractivity contribution in [2.75, 3.05) is 6.54 Å². The largest absolute Gasteiger partial charge is 0.345 e. The molecule has 0 spiro atoms. The standard InChI is InChI=1S/C18H28N2O/c1-13-11-17(14(2)20(13)16-9-5-6-10-16)18(21)12-19-15-7-3-4-8-15/h11,15-16,19H,3-10,12H2,1-2H3. The Kier molecular flexibility index (Phi) is 4.48. The fraction of sp³-hybridized carbons (Fsp3) is 0.722. The number of carbonyl (C=O) groups excluding carboxylic acids is 1. The number of hydrogen-bond donors (Lipinski definition) is 1. The van der Waals surface area contributed by atoms with E-state index in [2.05, 4.69) is 29.8 Å². The quantitative estimate of drug-likeness (QED) is 0.833.